The Bertz CT molecular complexity index is 791. The Balaban J connectivity index is 1.77. The average molecular weight is 368 g/mol. The van der Waals surface area contributed by atoms with E-state index in [1.807, 2.05) is 13.8 Å². The van der Waals surface area contributed by atoms with Gasteiger partial charge in [0.05, 0.1) is 12.4 Å². The number of aryl methyl sites for hydroxylation is 2. The fourth-order valence-corrected chi connectivity index (χ4v) is 3.50. The Morgan fingerprint density at radius 3 is 2.41 bits per heavy atom. The van der Waals surface area contributed by atoms with E-state index in [1.165, 1.54) is 55.2 Å². The van der Waals surface area contributed by atoms with E-state index >= 15 is 0 Å². The fraction of sp³-hybridized carbons (Fsp3) is 0.476. The van der Waals surface area contributed by atoms with Gasteiger partial charge in [0.1, 0.15) is 5.75 Å². The minimum absolute atomic E-state index is 0.196. The number of carbonyl (C=O) groups is 1. The smallest absolute Gasteiger partial charge is 0.273 e. The zero-order chi connectivity index (χ0) is 19.4. The molecule has 144 valence electrons. The number of hydrogen-bond donors (Lipinski definition) is 0. The number of nitrogens with zero attached hydrogens (tertiary/aromatic N) is 4. The molecule has 1 aromatic heterocycles. The second-order valence-corrected chi connectivity index (χ2v) is 7.44. The van der Waals surface area contributed by atoms with Gasteiger partial charge in [-0.25, -0.2) is 4.98 Å². The van der Waals surface area contributed by atoms with Gasteiger partial charge in [-0.2, -0.15) is 0 Å². The Kier molecular flexibility index (Phi) is 6.06. The van der Waals surface area contributed by atoms with Crippen molar-refractivity contribution in [1.82, 2.24) is 19.8 Å². The highest BCUT2D eigenvalue weighted by Crippen LogP contribution is 2.29. The van der Waals surface area contributed by atoms with Gasteiger partial charge in [0.2, 0.25) is 5.88 Å². The molecule has 6 heteroatoms. The fourth-order valence-electron chi connectivity index (χ4n) is 3.50. The van der Waals surface area contributed by atoms with E-state index in [9.17, 15) is 4.79 Å². The third-order valence-corrected chi connectivity index (χ3v) is 4.82. The quantitative estimate of drug-likeness (QED) is 0.807. The van der Waals surface area contributed by atoms with Crippen LogP contribution in [0.4, 0.5) is 0 Å². The van der Waals surface area contributed by atoms with Crippen LogP contribution < -0.4 is 4.74 Å². The largest absolute Gasteiger partial charge is 0.437 e. The molecule has 1 saturated heterocycles. The predicted octanol–water partition coefficient (Wildman–Crippen LogP) is 3.57. The number of rotatable bonds is 5. The molecule has 0 bridgehead atoms. The van der Waals surface area contributed by atoms with Crippen LogP contribution in [0.2, 0.25) is 0 Å². The van der Waals surface area contributed by atoms with Gasteiger partial charge < -0.3 is 9.64 Å². The Morgan fingerprint density at radius 1 is 1.11 bits per heavy atom. The van der Waals surface area contributed by atoms with Gasteiger partial charge in [-0.05, 0) is 56.5 Å². The van der Waals surface area contributed by atoms with Crippen molar-refractivity contribution < 1.29 is 9.53 Å². The van der Waals surface area contributed by atoms with E-state index in [0.717, 1.165) is 23.4 Å². The molecule has 0 N–H and O–H groups in total. The lowest BCUT2D eigenvalue weighted by Crippen LogP contribution is -2.29. The maximum absolute atomic E-state index is 12.1. The van der Waals surface area contributed by atoms with Crippen LogP contribution in [0, 0.1) is 13.8 Å². The second-order valence-electron chi connectivity index (χ2n) is 7.44. The van der Waals surface area contributed by atoms with Crippen LogP contribution in [-0.4, -0.2) is 52.9 Å². The standard InChI is InChI=1S/C21H28N4O2/c1-15-10-17(14-25-8-6-5-7-9-25)11-16(2)20(15)27-19-13-22-12-18(23-19)21(26)24(3)4/h10-13H,5-9,14H2,1-4H3. The summed E-state index contributed by atoms with van der Waals surface area (Å²) in [5, 5.41) is 0. The van der Waals surface area contributed by atoms with Crippen LogP contribution in [0.3, 0.4) is 0 Å². The summed E-state index contributed by atoms with van der Waals surface area (Å²) >= 11 is 0. The van der Waals surface area contributed by atoms with Crippen molar-refractivity contribution >= 4 is 5.91 Å². The summed E-state index contributed by atoms with van der Waals surface area (Å²) in [4.78, 5) is 24.5. The molecule has 0 unspecified atom stereocenters. The van der Waals surface area contributed by atoms with Gasteiger partial charge in [0.25, 0.3) is 5.91 Å². The molecule has 2 heterocycles. The third kappa shape index (κ3) is 4.83. The highest BCUT2D eigenvalue weighted by Gasteiger charge is 2.15. The first kappa shape index (κ1) is 19.3. The number of hydrogen-bond acceptors (Lipinski definition) is 5. The Hall–Kier alpha value is -2.47. The molecular weight excluding hydrogens is 340 g/mol. The molecule has 0 atom stereocenters. The number of ether oxygens (including phenoxy) is 1. The molecule has 1 amide bonds. The first-order valence-electron chi connectivity index (χ1n) is 9.48. The summed E-state index contributed by atoms with van der Waals surface area (Å²) in [5.41, 5.74) is 3.71. The van der Waals surface area contributed by atoms with Gasteiger partial charge in [-0.15, -0.1) is 0 Å². The van der Waals surface area contributed by atoms with Crippen LogP contribution in [0.15, 0.2) is 24.5 Å². The molecule has 27 heavy (non-hydrogen) atoms. The summed E-state index contributed by atoms with van der Waals surface area (Å²) < 4.78 is 6.00. The van der Waals surface area contributed by atoms with Crippen LogP contribution in [0.25, 0.3) is 0 Å². The van der Waals surface area contributed by atoms with E-state index in [-0.39, 0.29) is 11.6 Å². The van der Waals surface area contributed by atoms with Crippen molar-refractivity contribution in [2.24, 2.45) is 0 Å². The van der Waals surface area contributed by atoms with Crippen molar-refractivity contribution in [3.63, 3.8) is 0 Å². The molecule has 1 fully saturated rings. The molecule has 0 aliphatic carbocycles. The highest BCUT2D eigenvalue weighted by atomic mass is 16.5. The number of benzene rings is 1. The molecular formula is C21H28N4O2. The SMILES string of the molecule is Cc1cc(CN2CCCCC2)cc(C)c1Oc1cncc(C(=O)N(C)C)n1. The molecule has 1 aromatic carbocycles. The molecule has 0 spiro atoms. The predicted molar refractivity (Wildman–Crippen MR) is 105 cm³/mol. The van der Waals surface area contributed by atoms with Crippen LogP contribution in [-0.2, 0) is 6.54 Å². The zero-order valence-corrected chi connectivity index (χ0v) is 16.7. The van der Waals surface area contributed by atoms with E-state index in [2.05, 4.69) is 27.0 Å². The summed E-state index contributed by atoms with van der Waals surface area (Å²) in [6.45, 7) is 7.43. The number of amides is 1. The van der Waals surface area contributed by atoms with Crippen LogP contribution >= 0.6 is 0 Å². The van der Waals surface area contributed by atoms with Crippen molar-refractivity contribution in [3.8, 4) is 11.6 Å². The van der Waals surface area contributed by atoms with Crippen molar-refractivity contribution in [2.45, 2.75) is 39.7 Å². The summed E-state index contributed by atoms with van der Waals surface area (Å²) in [6, 6.07) is 4.36. The maximum Gasteiger partial charge on any atom is 0.273 e. The third-order valence-electron chi connectivity index (χ3n) is 4.82. The molecule has 1 aliphatic rings. The van der Waals surface area contributed by atoms with Crippen molar-refractivity contribution in [2.75, 3.05) is 27.2 Å². The first-order chi connectivity index (χ1) is 12.9. The number of piperidine rings is 1. The number of aromatic nitrogens is 2. The molecule has 0 saturated carbocycles. The topological polar surface area (TPSA) is 58.6 Å². The molecule has 0 radical (unpaired) electrons. The lowest BCUT2D eigenvalue weighted by molar-refractivity contribution is 0.0820. The minimum atomic E-state index is -0.196. The van der Waals surface area contributed by atoms with Gasteiger partial charge in [0, 0.05) is 20.6 Å². The second kappa shape index (κ2) is 8.48. The first-order valence-corrected chi connectivity index (χ1v) is 9.48. The van der Waals surface area contributed by atoms with Crippen LogP contribution in [0.5, 0.6) is 11.6 Å². The van der Waals surface area contributed by atoms with Gasteiger partial charge >= 0.3 is 0 Å². The minimum Gasteiger partial charge on any atom is -0.437 e. The molecule has 6 nitrogen and oxygen atoms in total. The van der Waals surface area contributed by atoms with E-state index in [4.69, 9.17) is 4.74 Å². The summed E-state index contributed by atoms with van der Waals surface area (Å²) in [7, 11) is 3.37. The highest BCUT2D eigenvalue weighted by molar-refractivity contribution is 5.91. The van der Waals surface area contributed by atoms with Crippen molar-refractivity contribution in [3.05, 3.63) is 46.9 Å². The van der Waals surface area contributed by atoms with E-state index in [1.54, 1.807) is 14.1 Å². The lowest BCUT2D eigenvalue weighted by Gasteiger charge is -2.27. The lowest BCUT2D eigenvalue weighted by atomic mass is 10.0. The number of likely N-dealkylation sites (tertiary alicyclic amines) is 1. The maximum atomic E-state index is 12.1. The molecule has 3 rings (SSSR count). The average Bonchev–Trinajstić information content (AvgIpc) is 2.65. The number of carbonyl (C=O) groups excluding carboxylic acids is 1. The molecule has 1 aliphatic heterocycles. The van der Waals surface area contributed by atoms with Gasteiger partial charge in [-0.3, -0.25) is 14.7 Å². The van der Waals surface area contributed by atoms with Gasteiger partial charge in [-0.1, -0.05) is 18.6 Å². The summed E-state index contributed by atoms with van der Waals surface area (Å²) in [6.07, 6.45) is 6.92. The van der Waals surface area contributed by atoms with Gasteiger partial charge in [0.15, 0.2) is 5.69 Å². The molecule has 2 aromatic rings. The Labute approximate surface area is 161 Å². The monoisotopic (exact) mass is 368 g/mol. The van der Waals surface area contributed by atoms with Crippen LogP contribution in [0.1, 0.15) is 46.4 Å². The Morgan fingerprint density at radius 2 is 1.78 bits per heavy atom. The zero-order valence-electron chi connectivity index (χ0n) is 16.7. The van der Waals surface area contributed by atoms with Crippen molar-refractivity contribution in [1.29, 1.82) is 0 Å². The van der Waals surface area contributed by atoms with E-state index < -0.39 is 0 Å². The normalized spacial score (nSPS) is 14.8. The summed E-state index contributed by atoms with van der Waals surface area (Å²) in [5.74, 6) is 0.914. The van der Waals surface area contributed by atoms with E-state index in [0.29, 0.717) is 5.88 Å².